The summed E-state index contributed by atoms with van der Waals surface area (Å²) in [7, 11) is -4.07. The highest BCUT2D eigenvalue weighted by molar-refractivity contribution is 7.92. The van der Waals surface area contributed by atoms with Crippen molar-refractivity contribution in [3.8, 4) is 0 Å². The summed E-state index contributed by atoms with van der Waals surface area (Å²) in [5.74, 6) is -0.919. The molecule has 0 radical (unpaired) electrons. The molecule has 32 heavy (non-hydrogen) atoms. The van der Waals surface area contributed by atoms with Gasteiger partial charge in [-0.05, 0) is 73.7 Å². The standard InChI is InChI=1S/C25H25FN2O3S/c1-18-9-13-21(14-10-18)28(32(30,31)22-15-11-20(26)12-16-22)17-25(29)27-24-8-4-6-19-5-2-3-7-23(19)24/h2-3,5,7,9-16,24H,4,6,8,17H2,1H3,(H,27,29). The van der Waals surface area contributed by atoms with Crippen LogP contribution in [0.15, 0.2) is 77.7 Å². The molecule has 1 aliphatic carbocycles. The molecule has 1 unspecified atom stereocenters. The second kappa shape index (κ2) is 9.12. The monoisotopic (exact) mass is 452 g/mol. The van der Waals surface area contributed by atoms with Crippen molar-refractivity contribution in [3.05, 3.63) is 95.3 Å². The highest BCUT2D eigenvalue weighted by Crippen LogP contribution is 2.30. The van der Waals surface area contributed by atoms with Crippen LogP contribution < -0.4 is 9.62 Å². The number of nitrogens with zero attached hydrogens (tertiary/aromatic N) is 1. The van der Waals surface area contributed by atoms with Gasteiger partial charge in [-0.3, -0.25) is 9.10 Å². The molecule has 4 rings (SSSR count). The van der Waals surface area contributed by atoms with Gasteiger partial charge >= 0.3 is 0 Å². The van der Waals surface area contributed by atoms with Crippen molar-refractivity contribution in [2.24, 2.45) is 0 Å². The molecular weight excluding hydrogens is 427 g/mol. The second-order valence-corrected chi connectivity index (χ2v) is 9.87. The van der Waals surface area contributed by atoms with Crippen molar-refractivity contribution in [3.63, 3.8) is 0 Å². The third-order valence-electron chi connectivity index (χ3n) is 5.72. The Kier molecular flexibility index (Phi) is 6.28. The molecule has 5 nitrogen and oxygen atoms in total. The first kappa shape index (κ1) is 22.0. The van der Waals surface area contributed by atoms with Crippen LogP contribution >= 0.6 is 0 Å². The molecular formula is C25H25FN2O3S. The summed E-state index contributed by atoms with van der Waals surface area (Å²) in [5, 5.41) is 3.01. The Morgan fingerprint density at radius 2 is 1.72 bits per heavy atom. The Hall–Kier alpha value is -3.19. The maximum absolute atomic E-state index is 13.4. The number of benzene rings is 3. The second-order valence-electron chi connectivity index (χ2n) is 8.01. The lowest BCUT2D eigenvalue weighted by atomic mass is 9.88. The summed E-state index contributed by atoms with van der Waals surface area (Å²) in [4.78, 5) is 13.0. The third kappa shape index (κ3) is 4.67. The van der Waals surface area contributed by atoms with Gasteiger partial charge in [0.05, 0.1) is 16.6 Å². The molecule has 1 amide bonds. The first-order chi connectivity index (χ1) is 15.3. The number of hydrogen-bond acceptors (Lipinski definition) is 3. The molecule has 1 atom stereocenters. The van der Waals surface area contributed by atoms with E-state index in [1.165, 1.54) is 17.7 Å². The molecule has 0 aliphatic heterocycles. The van der Waals surface area contributed by atoms with Crippen LogP contribution in [-0.4, -0.2) is 20.9 Å². The molecule has 0 saturated carbocycles. The minimum absolute atomic E-state index is 0.0738. The molecule has 1 aliphatic rings. The minimum Gasteiger partial charge on any atom is -0.348 e. The van der Waals surface area contributed by atoms with Crippen LogP contribution in [0.2, 0.25) is 0 Å². The molecule has 0 bridgehead atoms. The van der Waals surface area contributed by atoms with E-state index in [0.717, 1.165) is 46.8 Å². The zero-order valence-corrected chi connectivity index (χ0v) is 18.6. The first-order valence-corrected chi connectivity index (χ1v) is 12.0. The van der Waals surface area contributed by atoms with E-state index in [4.69, 9.17) is 0 Å². The van der Waals surface area contributed by atoms with Gasteiger partial charge in [0.1, 0.15) is 12.4 Å². The third-order valence-corrected chi connectivity index (χ3v) is 7.50. The number of anilines is 1. The molecule has 0 saturated heterocycles. The summed E-state index contributed by atoms with van der Waals surface area (Å²) in [5.41, 5.74) is 3.63. The van der Waals surface area contributed by atoms with E-state index in [-0.39, 0.29) is 17.5 Å². The van der Waals surface area contributed by atoms with Crippen molar-refractivity contribution in [2.75, 3.05) is 10.8 Å². The van der Waals surface area contributed by atoms with Crippen molar-refractivity contribution < 1.29 is 17.6 Å². The predicted molar refractivity (Wildman–Crippen MR) is 122 cm³/mol. The number of carbonyl (C=O) groups excluding carboxylic acids is 1. The van der Waals surface area contributed by atoms with E-state index < -0.39 is 21.7 Å². The summed E-state index contributed by atoms with van der Waals surface area (Å²) < 4.78 is 41.2. The molecule has 3 aromatic rings. The largest absolute Gasteiger partial charge is 0.348 e. The number of amides is 1. The molecule has 0 aromatic heterocycles. The van der Waals surface area contributed by atoms with Gasteiger partial charge in [-0.15, -0.1) is 0 Å². The highest BCUT2D eigenvalue weighted by atomic mass is 32.2. The Morgan fingerprint density at radius 1 is 1.03 bits per heavy atom. The quantitative estimate of drug-likeness (QED) is 0.598. The first-order valence-electron chi connectivity index (χ1n) is 10.6. The number of fused-ring (bicyclic) bond motifs is 1. The number of nitrogens with one attached hydrogen (secondary N) is 1. The van der Waals surface area contributed by atoms with Gasteiger partial charge < -0.3 is 5.32 Å². The van der Waals surface area contributed by atoms with Gasteiger partial charge in [0, 0.05) is 0 Å². The van der Waals surface area contributed by atoms with Gasteiger partial charge in [-0.1, -0.05) is 42.0 Å². The zero-order chi connectivity index (χ0) is 22.7. The van der Waals surface area contributed by atoms with Crippen LogP contribution in [0.5, 0.6) is 0 Å². The molecule has 7 heteroatoms. The van der Waals surface area contributed by atoms with Gasteiger partial charge in [0.15, 0.2) is 0 Å². The maximum Gasteiger partial charge on any atom is 0.264 e. The Balaban J connectivity index is 1.62. The Bertz CT molecular complexity index is 1210. The van der Waals surface area contributed by atoms with E-state index in [0.29, 0.717) is 5.69 Å². The van der Waals surface area contributed by atoms with Crippen LogP contribution in [0.1, 0.15) is 35.6 Å². The van der Waals surface area contributed by atoms with E-state index in [1.54, 1.807) is 24.3 Å². The molecule has 0 fully saturated rings. The van der Waals surface area contributed by atoms with Crippen LogP contribution in [0.3, 0.4) is 0 Å². The predicted octanol–water partition coefficient (Wildman–Crippen LogP) is 4.52. The number of rotatable bonds is 6. The topological polar surface area (TPSA) is 66.5 Å². The van der Waals surface area contributed by atoms with Crippen LogP contribution in [0, 0.1) is 12.7 Å². The minimum atomic E-state index is -4.07. The lowest BCUT2D eigenvalue weighted by molar-refractivity contribution is -0.120. The fraction of sp³-hybridized carbons (Fsp3) is 0.240. The van der Waals surface area contributed by atoms with Crippen LogP contribution in [0.25, 0.3) is 0 Å². The van der Waals surface area contributed by atoms with Crippen molar-refractivity contribution in [1.29, 1.82) is 0 Å². The molecule has 3 aromatic carbocycles. The Morgan fingerprint density at radius 3 is 2.44 bits per heavy atom. The summed E-state index contributed by atoms with van der Waals surface area (Å²) >= 11 is 0. The van der Waals surface area contributed by atoms with E-state index >= 15 is 0 Å². The molecule has 0 spiro atoms. The van der Waals surface area contributed by atoms with Crippen molar-refractivity contribution in [1.82, 2.24) is 5.32 Å². The average molecular weight is 453 g/mol. The number of sulfonamides is 1. The van der Waals surface area contributed by atoms with Gasteiger partial charge in [0.2, 0.25) is 5.91 Å². The summed E-state index contributed by atoms with van der Waals surface area (Å²) in [6.07, 6.45) is 2.73. The normalized spacial score (nSPS) is 15.6. The van der Waals surface area contributed by atoms with Gasteiger partial charge in [0.25, 0.3) is 10.0 Å². The highest BCUT2D eigenvalue weighted by Gasteiger charge is 2.29. The number of aryl methyl sites for hydroxylation is 2. The Labute approximate surface area is 187 Å². The number of hydrogen-bond donors (Lipinski definition) is 1. The van der Waals surface area contributed by atoms with Crippen molar-refractivity contribution >= 4 is 21.6 Å². The fourth-order valence-electron chi connectivity index (χ4n) is 4.03. The lowest BCUT2D eigenvalue weighted by Crippen LogP contribution is -2.42. The van der Waals surface area contributed by atoms with E-state index in [9.17, 15) is 17.6 Å². The SMILES string of the molecule is Cc1ccc(N(CC(=O)NC2CCCc3ccccc32)S(=O)(=O)c2ccc(F)cc2)cc1. The van der Waals surface area contributed by atoms with Crippen LogP contribution in [0.4, 0.5) is 10.1 Å². The van der Waals surface area contributed by atoms with Crippen molar-refractivity contribution in [2.45, 2.75) is 37.1 Å². The van der Waals surface area contributed by atoms with E-state index in [1.807, 2.05) is 25.1 Å². The van der Waals surface area contributed by atoms with Gasteiger partial charge in [-0.25, -0.2) is 12.8 Å². The van der Waals surface area contributed by atoms with E-state index in [2.05, 4.69) is 11.4 Å². The number of carbonyl (C=O) groups is 1. The summed E-state index contributed by atoms with van der Waals surface area (Å²) in [6.45, 7) is 1.53. The average Bonchev–Trinajstić information content (AvgIpc) is 2.79. The molecule has 0 heterocycles. The maximum atomic E-state index is 13.4. The lowest BCUT2D eigenvalue weighted by Gasteiger charge is -2.28. The fourth-order valence-corrected chi connectivity index (χ4v) is 5.46. The molecule has 1 N–H and O–H groups in total. The molecule has 166 valence electrons. The smallest absolute Gasteiger partial charge is 0.264 e. The summed E-state index contributed by atoms with van der Waals surface area (Å²) in [6, 6.07) is 19.4. The van der Waals surface area contributed by atoms with Gasteiger partial charge in [-0.2, -0.15) is 0 Å². The zero-order valence-electron chi connectivity index (χ0n) is 17.8. The number of halogens is 1. The van der Waals surface area contributed by atoms with Crippen LogP contribution in [-0.2, 0) is 21.2 Å².